The number of carboxylic acid groups (broad SMARTS) is 1. The maximum Gasteiger partial charge on any atom is 0.325 e. The molecule has 0 aromatic heterocycles. The largest absolute Gasteiger partial charge is 0.481 e. The van der Waals surface area contributed by atoms with Gasteiger partial charge in [0.25, 0.3) is 0 Å². The molecule has 0 spiro atoms. The molecule has 0 aliphatic carbocycles. The van der Waals surface area contributed by atoms with Crippen molar-refractivity contribution < 1.29 is 24.2 Å². The summed E-state index contributed by atoms with van der Waals surface area (Å²) < 4.78 is 4.54. The third kappa shape index (κ3) is 5.72. The van der Waals surface area contributed by atoms with Gasteiger partial charge in [-0.05, 0) is 12.8 Å². The molecule has 19 heavy (non-hydrogen) atoms. The van der Waals surface area contributed by atoms with Crippen molar-refractivity contribution in [1.82, 2.24) is 4.90 Å². The number of aliphatic carboxylic acids is 1. The predicted octanol–water partition coefficient (Wildman–Crippen LogP) is 1.14. The van der Waals surface area contributed by atoms with Crippen molar-refractivity contribution in [3.8, 4) is 0 Å². The molecule has 1 unspecified atom stereocenters. The summed E-state index contributed by atoms with van der Waals surface area (Å²) in [4.78, 5) is 35.5. The Bertz CT molecular complexity index is 325. The monoisotopic (exact) mass is 273 g/mol. The van der Waals surface area contributed by atoms with Crippen LogP contribution in [-0.4, -0.2) is 48.1 Å². The second-order valence-electron chi connectivity index (χ2n) is 4.54. The second kappa shape index (κ2) is 8.50. The first kappa shape index (κ1) is 17.4. The molecule has 0 radical (unpaired) electrons. The van der Waals surface area contributed by atoms with Gasteiger partial charge in [0.05, 0.1) is 7.11 Å². The Hall–Kier alpha value is -1.59. The van der Waals surface area contributed by atoms with Crippen molar-refractivity contribution in [2.45, 2.75) is 33.6 Å². The smallest absolute Gasteiger partial charge is 0.325 e. The number of methoxy groups -OCH3 is 1. The molecule has 6 nitrogen and oxygen atoms in total. The molecule has 1 amide bonds. The average Bonchev–Trinajstić information content (AvgIpc) is 2.41. The van der Waals surface area contributed by atoms with Crippen LogP contribution in [0.4, 0.5) is 0 Å². The van der Waals surface area contributed by atoms with Crippen LogP contribution in [0.5, 0.6) is 0 Å². The number of carbonyl (C=O) groups excluding carboxylic acids is 2. The van der Waals surface area contributed by atoms with Gasteiger partial charge in [-0.25, -0.2) is 0 Å². The van der Waals surface area contributed by atoms with Gasteiger partial charge >= 0.3 is 11.9 Å². The molecule has 0 aromatic rings. The standard InChI is InChI=1S/C13H23NO5/c1-5-10(6-2)7-14(8-11(15)19-4)12(16)9(3)13(17)18/h9-10H,5-8H2,1-4H3,(H,17,18). The SMILES string of the molecule is CCC(CC)CN(CC(=O)OC)C(=O)C(C)C(=O)O. The van der Waals surface area contributed by atoms with E-state index in [-0.39, 0.29) is 12.5 Å². The number of hydrogen-bond donors (Lipinski definition) is 1. The van der Waals surface area contributed by atoms with E-state index in [1.54, 1.807) is 0 Å². The van der Waals surface area contributed by atoms with Crippen LogP contribution in [0.15, 0.2) is 0 Å². The Labute approximate surface area is 113 Å². The molecule has 0 aromatic carbocycles. The molecule has 0 saturated heterocycles. The van der Waals surface area contributed by atoms with Crippen molar-refractivity contribution >= 4 is 17.8 Å². The highest BCUT2D eigenvalue weighted by molar-refractivity contribution is 5.97. The Balaban J connectivity index is 4.88. The summed E-state index contributed by atoms with van der Waals surface area (Å²) in [5.41, 5.74) is 0. The first-order chi connectivity index (χ1) is 8.87. The van der Waals surface area contributed by atoms with Crippen LogP contribution in [0.1, 0.15) is 33.6 Å². The van der Waals surface area contributed by atoms with Crippen LogP contribution in [0, 0.1) is 11.8 Å². The number of ether oxygens (including phenoxy) is 1. The molecular weight excluding hydrogens is 250 g/mol. The number of rotatable bonds is 8. The quantitative estimate of drug-likeness (QED) is 0.529. The molecule has 0 bridgehead atoms. The van der Waals surface area contributed by atoms with Gasteiger partial charge in [0.2, 0.25) is 5.91 Å². The van der Waals surface area contributed by atoms with Crippen LogP contribution >= 0.6 is 0 Å². The van der Waals surface area contributed by atoms with Crippen LogP contribution in [-0.2, 0) is 19.1 Å². The summed E-state index contributed by atoms with van der Waals surface area (Å²) in [6, 6.07) is 0. The molecular formula is C13H23NO5. The second-order valence-corrected chi connectivity index (χ2v) is 4.54. The van der Waals surface area contributed by atoms with E-state index in [2.05, 4.69) is 4.74 Å². The highest BCUT2D eigenvalue weighted by atomic mass is 16.5. The fraction of sp³-hybridized carbons (Fsp3) is 0.769. The first-order valence-electron chi connectivity index (χ1n) is 6.45. The van der Waals surface area contributed by atoms with E-state index in [4.69, 9.17) is 5.11 Å². The summed E-state index contributed by atoms with van der Waals surface area (Å²) >= 11 is 0. The van der Waals surface area contributed by atoms with E-state index in [0.29, 0.717) is 6.54 Å². The molecule has 0 fully saturated rings. The maximum atomic E-state index is 12.0. The normalized spacial score (nSPS) is 12.1. The number of nitrogens with zero attached hydrogens (tertiary/aromatic N) is 1. The van der Waals surface area contributed by atoms with E-state index in [1.807, 2.05) is 13.8 Å². The Morgan fingerprint density at radius 1 is 1.21 bits per heavy atom. The van der Waals surface area contributed by atoms with Gasteiger partial charge in [-0.1, -0.05) is 26.7 Å². The lowest BCUT2D eigenvalue weighted by atomic mass is 10.0. The molecule has 6 heteroatoms. The van der Waals surface area contributed by atoms with Gasteiger partial charge in [-0.15, -0.1) is 0 Å². The summed E-state index contributed by atoms with van der Waals surface area (Å²) in [5, 5.41) is 8.88. The van der Waals surface area contributed by atoms with Gasteiger partial charge in [0.15, 0.2) is 0 Å². The Kier molecular flexibility index (Phi) is 7.79. The number of esters is 1. The minimum Gasteiger partial charge on any atom is -0.481 e. The zero-order chi connectivity index (χ0) is 15.0. The Morgan fingerprint density at radius 2 is 1.74 bits per heavy atom. The first-order valence-corrected chi connectivity index (χ1v) is 6.45. The van der Waals surface area contributed by atoms with Crippen LogP contribution in [0.3, 0.4) is 0 Å². The van der Waals surface area contributed by atoms with Crippen molar-refractivity contribution in [2.75, 3.05) is 20.2 Å². The molecule has 0 aliphatic rings. The number of amides is 1. The lowest BCUT2D eigenvalue weighted by molar-refractivity contribution is -0.155. The molecule has 1 N–H and O–H groups in total. The van der Waals surface area contributed by atoms with Crippen molar-refractivity contribution in [3.63, 3.8) is 0 Å². The lowest BCUT2D eigenvalue weighted by Crippen LogP contribution is -2.43. The fourth-order valence-electron chi connectivity index (χ4n) is 1.69. The summed E-state index contributed by atoms with van der Waals surface area (Å²) in [6.45, 7) is 5.48. The van der Waals surface area contributed by atoms with Gasteiger partial charge < -0.3 is 14.7 Å². The lowest BCUT2D eigenvalue weighted by Gasteiger charge is -2.27. The minimum atomic E-state index is -1.19. The minimum absolute atomic E-state index is 0.205. The number of carbonyl (C=O) groups is 3. The zero-order valence-corrected chi connectivity index (χ0v) is 12.0. The van der Waals surface area contributed by atoms with Crippen LogP contribution in [0.2, 0.25) is 0 Å². The van der Waals surface area contributed by atoms with E-state index < -0.39 is 23.8 Å². The van der Waals surface area contributed by atoms with E-state index >= 15 is 0 Å². The fourth-order valence-corrected chi connectivity index (χ4v) is 1.69. The topological polar surface area (TPSA) is 83.9 Å². The molecule has 0 heterocycles. The third-order valence-corrected chi connectivity index (χ3v) is 3.23. The van der Waals surface area contributed by atoms with Crippen molar-refractivity contribution in [1.29, 1.82) is 0 Å². The van der Waals surface area contributed by atoms with Gasteiger partial charge in [-0.3, -0.25) is 14.4 Å². The van der Waals surface area contributed by atoms with E-state index in [9.17, 15) is 14.4 Å². The maximum absolute atomic E-state index is 12.0. The molecule has 110 valence electrons. The van der Waals surface area contributed by atoms with Crippen molar-refractivity contribution in [2.24, 2.45) is 11.8 Å². The van der Waals surface area contributed by atoms with Crippen LogP contribution < -0.4 is 0 Å². The summed E-state index contributed by atoms with van der Waals surface area (Å²) in [6.07, 6.45) is 1.73. The van der Waals surface area contributed by atoms with Crippen molar-refractivity contribution in [3.05, 3.63) is 0 Å². The van der Waals surface area contributed by atoms with Gasteiger partial charge in [-0.2, -0.15) is 0 Å². The zero-order valence-electron chi connectivity index (χ0n) is 12.0. The number of hydrogen-bond acceptors (Lipinski definition) is 4. The highest BCUT2D eigenvalue weighted by Gasteiger charge is 2.28. The summed E-state index contributed by atoms with van der Waals surface area (Å²) in [7, 11) is 1.24. The Morgan fingerprint density at radius 3 is 2.11 bits per heavy atom. The van der Waals surface area contributed by atoms with Gasteiger partial charge in [0.1, 0.15) is 12.5 Å². The molecule has 0 aliphatic heterocycles. The molecule has 1 atom stereocenters. The molecule has 0 saturated carbocycles. The van der Waals surface area contributed by atoms with E-state index in [0.717, 1.165) is 12.8 Å². The third-order valence-electron chi connectivity index (χ3n) is 3.23. The molecule has 0 rings (SSSR count). The van der Waals surface area contributed by atoms with Gasteiger partial charge in [0, 0.05) is 6.54 Å². The number of carboxylic acids is 1. The van der Waals surface area contributed by atoms with Crippen LogP contribution in [0.25, 0.3) is 0 Å². The highest BCUT2D eigenvalue weighted by Crippen LogP contribution is 2.13. The van der Waals surface area contributed by atoms with E-state index in [1.165, 1.54) is 18.9 Å². The summed E-state index contributed by atoms with van der Waals surface area (Å²) in [5.74, 6) is -3.19. The predicted molar refractivity (Wildman–Crippen MR) is 69.5 cm³/mol. The average molecular weight is 273 g/mol.